The topological polar surface area (TPSA) is 35.6 Å². The zero-order valence-corrected chi connectivity index (χ0v) is 15.4. The summed E-state index contributed by atoms with van der Waals surface area (Å²) in [5.74, 6) is 0.897. The van der Waals surface area contributed by atoms with Crippen molar-refractivity contribution in [1.29, 1.82) is 0 Å². The Balaban J connectivity index is 1.56. The van der Waals surface area contributed by atoms with E-state index in [0.717, 1.165) is 25.4 Å². The van der Waals surface area contributed by atoms with Gasteiger partial charge in [-0.15, -0.1) is 11.3 Å². The van der Waals surface area contributed by atoms with Crippen LogP contribution < -0.4 is 5.32 Å². The second-order valence-corrected chi connectivity index (χ2v) is 7.59. The number of amides is 2. The molecule has 0 unspecified atom stereocenters. The highest BCUT2D eigenvalue weighted by molar-refractivity contribution is 7.09. The maximum atomic E-state index is 12.2. The summed E-state index contributed by atoms with van der Waals surface area (Å²) in [6.07, 6.45) is 4.91. The molecule has 23 heavy (non-hydrogen) atoms. The normalized spacial score (nSPS) is 16.4. The Morgan fingerprint density at radius 1 is 1.39 bits per heavy atom. The van der Waals surface area contributed by atoms with Gasteiger partial charge in [0.05, 0.1) is 6.54 Å². The van der Waals surface area contributed by atoms with Crippen molar-refractivity contribution < 1.29 is 4.79 Å². The van der Waals surface area contributed by atoms with Gasteiger partial charge in [0.1, 0.15) is 0 Å². The van der Waals surface area contributed by atoms with Gasteiger partial charge in [0.15, 0.2) is 0 Å². The van der Waals surface area contributed by atoms with E-state index in [1.54, 1.807) is 11.3 Å². The average Bonchev–Trinajstić information content (AvgIpc) is 3.07. The number of hydrogen-bond donors (Lipinski definition) is 1. The van der Waals surface area contributed by atoms with Gasteiger partial charge in [-0.3, -0.25) is 0 Å². The minimum absolute atomic E-state index is 0.0627. The van der Waals surface area contributed by atoms with Gasteiger partial charge < -0.3 is 15.1 Å². The van der Waals surface area contributed by atoms with E-state index in [2.05, 4.69) is 28.6 Å². The van der Waals surface area contributed by atoms with Gasteiger partial charge in [0, 0.05) is 18.0 Å². The van der Waals surface area contributed by atoms with E-state index in [1.807, 2.05) is 17.9 Å². The quantitative estimate of drug-likeness (QED) is 0.733. The lowest BCUT2D eigenvalue weighted by molar-refractivity contribution is 0.187. The van der Waals surface area contributed by atoms with E-state index in [1.165, 1.54) is 43.8 Å². The molecule has 0 saturated carbocycles. The summed E-state index contributed by atoms with van der Waals surface area (Å²) in [7, 11) is 0. The Bertz CT molecular complexity index is 441. The zero-order chi connectivity index (χ0) is 16.5. The Labute approximate surface area is 144 Å². The molecule has 0 atom stereocenters. The lowest BCUT2D eigenvalue weighted by Crippen LogP contribution is -2.40. The second-order valence-electron chi connectivity index (χ2n) is 6.56. The number of hydrogen-bond acceptors (Lipinski definition) is 3. The fraction of sp³-hybridized carbons (Fsp3) is 0.722. The van der Waals surface area contributed by atoms with Gasteiger partial charge in [-0.05, 0) is 69.6 Å². The number of piperidine rings is 1. The van der Waals surface area contributed by atoms with Crippen molar-refractivity contribution in [2.45, 2.75) is 46.1 Å². The molecular weight excluding hydrogens is 306 g/mol. The molecule has 1 N–H and O–H groups in total. The molecule has 4 nitrogen and oxygen atoms in total. The van der Waals surface area contributed by atoms with E-state index >= 15 is 0 Å². The zero-order valence-electron chi connectivity index (χ0n) is 14.6. The largest absolute Gasteiger partial charge is 0.338 e. The number of carbonyl (C=O) groups excluding carboxylic acids is 1. The average molecular weight is 338 g/mol. The molecule has 1 aliphatic rings. The van der Waals surface area contributed by atoms with Gasteiger partial charge in [-0.25, -0.2) is 4.79 Å². The molecule has 0 radical (unpaired) electrons. The van der Waals surface area contributed by atoms with Crippen molar-refractivity contribution >= 4 is 17.4 Å². The number of likely N-dealkylation sites (tertiary alicyclic amines) is 1. The van der Waals surface area contributed by atoms with Crippen molar-refractivity contribution in [3.8, 4) is 0 Å². The van der Waals surface area contributed by atoms with Gasteiger partial charge in [0.25, 0.3) is 0 Å². The van der Waals surface area contributed by atoms with E-state index in [-0.39, 0.29) is 6.03 Å². The highest BCUT2D eigenvalue weighted by Crippen LogP contribution is 2.16. The van der Waals surface area contributed by atoms with E-state index in [9.17, 15) is 4.79 Å². The van der Waals surface area contributed by atoms with Crippen LogP contribution in [-0.2, 0) is 6.54 Å². The summed E-state index contributed by atoms with van der Waals surface area (Å²) >= 11 is 1.70. The lowest BCUT2D eigenvalue weighted by atomic mass is 9.99. The predicted octanol–water partition coefficient (Wildman–Crippen LogP) is 3.79. The molecule has 2 rings (SSSR count). The van der Waals surface area contributed by atoms with Crippen LogP contribution in [0.3, 0.4) is 0 Å². The highest BCUT2D eigenvalue weighted by Gasteiger charge is 2.15. The first kappa shape index (κ1) is 18.3. The predicted molar refractivity (Wildman–Crippen MR) is 97.9 cm³/mol. The van der Waals surface area contributed by atoms with Crippen LogP contribution in [0.15, 0.2) is 17.5 Å². The Kier molecular flexibility index (Phi) is 7.89. The van der Waals surface area contributed by atoms with Gasteiger partial charge in [-0.2, -0.15) is 0 Å². The summed E-state index contributed by atoms with van der Waals surface area (Å²) in [4.78, 5) is 17.9. The molecular formula is C18H31N3OS. The maximum absolute atomic E-state index is 12.2. The van der Waals surface area contributed by atoms with Crippen molar-refractivity contribution in [3.63, 3.8) is 0 Å². The maximum Gasteiger partial charge on any atom is 0.317 e. The van der Waals surface area contributed by atoms with Crippen molar-refractivity contribution in [1.82, 2.24) is 15.1 Å². The smallest absolute Gasteiger partial charge is 0.317 e. The van der Waals surface area contributed by atoms with Crippen molar-refractivity contribution in [3.05, 3.63) is 22.4 Å². The third kappa shape index (κ3) is 6.51. The molecule has 1 aromatic heterocycles. The molecule has 2 amide bonds. The highest BCUT2D eigenvalue weighted by atomic mass is 32.1. The number of nitrogens with zero attached hydrogens (tertiary/aromatic N) is 2. The third-order valence-corrected chi connectivity index (χ3v) is 5.51. The molecule has 0 spiro atoms. The molecule has 2 heterocycles. The summed E-state index contributed by atoms with van der Waals surface area (Å²) in [5.41, 5.74) is 0. The summed E-state index contributed by atoms with van der Waals surface area (Å²) in [6, 6.07) is 4.18. The monoisotopic (exact) mass is 337 g/mol. The van der Waals surface area contributed by atoms with Crippen LogP contribution >= 0.6 is 11.3 Å². The first-order valence-corrected chi connectivity index (χ1v) is 9.84. The van der Waals surface area contributed by atoms with Crippen LogP contribution in [0.25, 0.3) is 0 Å². The molecule has 1 saturated heterocycles. The minimum Gasteiger partial charge on any atom is -0.338 e. The Hall–Kier alpha value is -1.07. The summed E-state index contributed by atoms with van der Waals surface area (Å²) in [6.45, 7) is 10.3. The minimum atomic E-state index is 0.0627. The Morgan fingerprint density at radius 3 is 2.83 bits per heavy atom. The van der Waals surface area contributed by atoms with Crippen LogP contribution in [0.4, 0.5) is 4.79 Å². The molecule has 0 bridgehead atoms. The summed E-state index contributed by atoms with van der Waals surface area (Å²) in [5, 5.41) is 5.12. The van der Waals surface area contributed by atoms with E-state index in [0.29, 0.717) is 6.54 Å². The molecule has 1 aliphatic heterocycles. The third-order valence-electron chi connectivity index (χ3n) is 4.65. The fourth-order valence-corrected chi connectivity index (χ4v) is 3.69. The van der Waals surface area contributed by atoms with Crippen molar-refractivity contribution in [2.24, 2.45) is 5.92 Å². The first-order chi connectivity index (χ1) is 11.2. The number of thiophene rings is 1. The van der Waals surface area contributed by atoms with Crippen LogP contribution in [0.5, 0.6) is 0 Å². The van der Waals surface area contributed by atoms with Crippen LogP contribution in [0.1, 0.15) is 44.4 Å². The number of carbonyl (C=O) groups is 1. The van der Waals surface area contributed by atoms with Crippen molar-refractivity contribution in [2.75, 3.05) is 32.7 Å². The van der Waals surface area contributed by atoms with Crippen LogP contribution in [0, 0.1) is 5.92 Å². The second kappa shape index (κ2) is 9.93. The summed E-state index contributed by atoms with van der Waals surface area (Å²) < 4.78 is 0. The number of unbranched alkanes of at least 4 members (excludes halogenated alkanes) is 1. The molecule has 1 fully saturated rings. The number of urea groups is 1. The Morgan fingerprint density at radius 2 is 2.17 bits per heavy atom. The van der Waals surface area contributed by atoms with Crippen LogP contribution in [0.2, 0.25) is 0 Å². The lowest BCUT2D eigenvalue weighted by Gasteiger charge is -2.30. The standard InChI is InChI=1S/C18H31N3OS/c1-3-21(15-17-7-6-14-23-17)18(22)19-10-4-5-11-20-12-8-16(2)9-13-20/h6-7,14,16H,3-5,8-13,15H2,1-2H3,(H,19,22). The van der Waals surface area contributed by atoms with E-state index < -0.39 is 0 Å². The molecule has 0 aliphatic carbocycles. The molecule has 5 heteroatoms. The molecule has 1 aromatic rings. The molecule has 0 aromatic carbocycles. The first-order valence-electron chi connectivity index (χ1n) is 8.96. The van der Waals surface area contributed by atoms with Gasteiger partial charge in [-0.1, -0.05) is 13.0 Å². The van der Waals surface area contributed by atoms with E-state index in [4.69, 9.17) is 0 Å². The number of nitrogens with one attached hydrogen (secondary N) is 1. The SMILES string of the molecule is CCN(Cc1cccs1)C(=O)NCCCCN1CCC(C)CC1. The van der Waals surface area contributed by atoms with Crippen LogP contribution in [-0.4, -0.2) is 48.6 Å². The molecule has 130 valence electrons. The number of rotatable bonds is 8. The fourth-order valence-electron chi connectivity index (χ4n) is 2.97. The van der Waals surface area contributed by atoms with Gasteiger partial charge >= 0.3 is 6.03 Å². The van der Waals surface area contributed by atoms with Gasteiger partial charge in [0.2, 0.25) is 0 Å².